The van der Waals surface area contributed by atoms with Gasteiger partial charge in [-0.15, -0.1) is 22.7 Å². The van der Waals surface area contributed by atoms with E-state index in [9.17, 15) is 0 Å². The maximum Gasteiger partial charge on any atom is 0.140 e. The SMILES string of the molecule is CCCCc1c(-c2ccc3oc4c5c(ccc4c3c2)-c2cc(-c3ccccc3)ccc2C5(C)C)sc(-c2sc(-c3ccc4oc5c6c(ccc5c4c3)-c3cc(-c4ccccc4)ccc3C6(C)C)c(CCCC)c2CCCC)c1CCCC. The lowest BCUT2D eigenvalue weighted by Gasteiger charge is -2.21. The molecule has 2 nitrogen and oxygen atoms in total. The molecule has 4 aromatic heterocycles. The van der Waals surface area contributed by atoms with Crippen molar-refractivity contribution in [2.75, 3.05) is 0 Å². The number of unbranched alkanes of at least 4 members (excludes halogenated alkanes) is 4. The molecule has 2 aliphatic carbocycles. The van der Waals surface area contributed by atoms with E-state index in [2.05, 4.69) is 236 Å². The number of hydrogen-bond donors (Lipinski definition) is 0. The Morgan fingerprint density at radius 3 is 1.07 bits per heavy atom. The molecule has 12 aromatic rings. The fourth-order valence-electron chi connectivity index (χ4n) is 14.5. The Labute approximate surface area is 492 Å². The number of thiophene rings is 2. The first-order valence-corrected chi connectivity index (χ1v) is 32.4. The van der Waals surface area contributed by atoms with Gasteiger partial charge in [-0.25, -0.2) is 0 Å². The third kappa shape index (κ3) is 8.43. The van der Waals surface area contributed by atoms with E-state index in [0.29, 0.717) is 0 Å². The summed E-state index contributed by atoms with van der Waals surface area (Å²) in [6, 6.07) is 59.4. The quantitative estimate of drug-likeness (QED) is 0.0908. The second-order valence-corrected chi connectivity index (χ2v) is 26.7. The van der Waals surface area contributed by atoms with Gasteiger partial charge in [0.25, 0.3) is 0 Å². The lowest BCUT2D eigenvalue weighted by Crippen LogP contribution is -2.15. The van der Waals surface area contributed by atoms with Crippen molar-refractivity contribution >= 4 is 66.6 Å². The average Bonchev–Trinajstić information content (AvgIpc) is 3.49. The Bertz CT molecular complexity index is 4150. The summed E-state index contributed by atoms with van der Waals surface area (Å²) in [6.45, 7) is 18.9. The summed E-state index contributed by atoms with van der Waals surface area (Å²) in [5, 5.41) is 4.84. The molecule has 4 heterocycles. The van der Waals surface area contributed by atoms with Gasteiger partial charge in [-0.05, 0) is 201 Å². The number of benzene rings is 8. The predicted molar refractivity (Wildman–Crippen MR) is 354 cm³/mol. The standard InChI is InChI=1S/C78H74O2S2/c1-9-13-27-57-59(29-15-11-3)75(81-73(57)51-33-41-67-63(45-51)55-37-35-53-61-43-49(47-23-19-17-20-24-47)31-39-65(61)77(5,6)69(53)71(55)79-67)76-60(30-16-12-4)58(28-14-10-2)74(82-76)52-34-42-68-64(46-52)56-38-36-54-62-44-50(48-25-21-18-22-26-48)32-40-66(62)78(7,8)70(54)72(56)80-68/h17-26,31-46H,9-16,27-30H2,1-8H3. The molecule has 2 aliphatic rings. The minimum Gasteiger partial charge on any atom is -0.456 e. The summed E-state index contributed by atoms with van der Waals surface area (Å²) >= 11 is 4.17. The first-order chi connectivity index (χ1) is 40.0. The summed E-state index contributed by atoms with van der Waals surface area (Å²) < 4.78 is 14.1. The van der Waals surface area contributed by atoms with Gasteiger partial charge >= 0.3 is 0 Å². The summed E-state index contributed by atoms with van der Waals surface area (Å²) in [4.78, 5) is 5.92. The van der Waals surface area contributed by atoms with Crippen molar-refractivity contribution in [1.29, 1.82) is 0 Å². The van der Waals surface area contributed by atoms with E-state index >= 15 is 0 Å². The van der Waals surface area contributed by atoms with E-state index in [1.807, 2.05) is 0 Å². The van der Waals surface area contributed by atoms with Crippen LogP contribution in [0, 0.1) is 0 Å². The largest absolute Gasteiger partial charge is 0.456 e. The monoisotopic (exact) mass is 1110 g/mol. The fourth-order valence-corrected chi connectivity index (χ4v) is 17.4. The smallest absolute Gasteiger partial charge is 0.140 e. The van der Waals surface area contributed by atoms with Gasteiger partial charge in [0.05, 0.1) is 0 Å². The van der Waals surface area contributed by atoms with Gasteiger partial charge in [0.15, 0.2) is 0 Å². The lowest BCUT2D eigenvalue weighted by atomic mass is 9.81. The molecule has 0 amide bonds. The summed E-state index contributed by atoms with van der Waals surface area (Å²) in [5.41, 5.74) is 28.1. The van der Waals surface area contributed by atoms with Crippen LogP contribution in [0.3, 0.4) is 0 Å². The molecule has 0 saturated heterocycles. The summed E-state index contributed by atoms with van der Waals surface area (Å²) in [6.07, 6.45) is 13.8. The molecule has 0 saturated carbocycles. The van der Waals surface area contributed by atoms with Gasteiger partial charge in [0.1, 0.15) is 22.3 Å². The van der Waals surface area contributed by atoms with Crippen molar-refractivity contribution in [3.8, 4) is 75.1 Å². The van der Waals surface area contributed by atoms with Crippen LogP contribution in [-0.4, -0.2) is 0 Å². The van der Waals surface area contributed by atoms with E-state index < -0.39 is 0 Å². The zero-order valence-electron chi connectivity index (χ0n) is 49.1. The van der Waals surface area contributed by atoms with Crippen molar-refractivity contribution in [3.63, 3.8) is 0 Å². The molecule has 82 heavy (non-hydrogen) atoms. The van der Waals surface area contributed by atoms with Crippen LogP contribution >= 0.6 is 22.7 Å². The molecule has 0 spiro atoms. The highest BCUT2D eigenvalue weighted by atomic mass is 32.1. The summed E-state index contributed by atoms with van der Waals surface area (Å²) in [7, 11) is 0. The van der Waals surface area contributed by atoms with Crippen molar-refractivity contribution in [2.24, 2.45) is 0 Å². The zero-order chi connectivity index (χ0) is 56.0. The zero-order valence-corrected chi connectivity index (χ0v) is 50.8. The normalized spacial score (nSPS) is 13.9. The van der Waals surface area contributed by atoms with Gasteiger partial charge in [0, 0.05) is 63.0 Å². The average molecular weight is 1110 g/mol. The number of hydrogen-bond acceptors (Lipinski definition) is 4. The Morgan fingerprint density at radius 2 is 0.695 bits per heavy atom. The van der Waals surface area contributed by atoms with Crippen LogP contribution in [0.5, 0.6) is 0 Å². The van der Waals surface area contributed by atoms with E-state index in [-0.39, 0.29) is 10.8 Å². The molecule has 4 heteroatoms. The highest BCUT2D eigenvalue weighted by Gasteiger charge is 2.41. The Hall–Kier alpha value is -7.24. The first-order valence-electron chi connectivity index (χ1n) is 30.7. The minimum absolute atomic E-state index is 0.206. The number of fused-ring (bicyclic) bond motifs is 14. The molecule has 0 unspecified atom stereocenters. The molecule has 0 atom stereocenters. The molecule has 0 N–H and O–H groups in total. The van der Waals surface area contributed by atoms with E-state index in [1.165, 1.54) is 170 Å². The molecule has 0 fully saturated rings. The molecule has 14 rings (SSSR count). The Morgan fingerprint density at radius 1 is 0.329 bits per heavy atom. The second-order valence-electron chi connectivity index (χ2n) is 24.7. The molecule has 0 bridgehead atoms. The Balaban J connectivity index is 0.903. The van der Waals surface area contributed by atoms with Crippen LogP contribution in [0.4, 0.5) is 0 Å². The Kier molecular flexibility index (Phi) is 13.4. The predicted octanol–water partition coefficient (Wildman–Crippen LogP) is 23.9. The highest BCUT2D eigenvalue weighted by molar-refractivity contribution is 7.25. The van der Waals surface area contributed by atoms with Gasteiger partial charge in [-0.3, -0.25) is 0 Å². The van der Waals surface area contributed by atoms with Crippen molar-refractivity contribution in [1.82, 2.24) is 0 Å². The van der Waals surface area contributed by atoms with Gasteiger partial charge in [-0.2, -0.15) is 0 Å². The first kappa shape index (κ1) is 52.8. The van der Waals surface area contributed by atoms with E-state index in [1.54, 1.807) is 22.3 Å². The number of furan rings is 2. The van der Waals surface area contributed by atoms with Gasteiger partial charge in [-0.1, -0.05) is 178 Å². The van der Waals surface area contributed by atoms with Crippen LogP contribution < -0.4 is 0 Å². The van der Waals surface area contributed by atoms with Crippen LogP contribution in [0.25, 0.3) is 119 Å². The topological polar surface area (TPSA) is 26.3 Å². The maximum atomic E-state index is 7.06. The van der Waals surface area contributed by atoms with E-state index in [4.69, 9.17) is 8.83 Å². The molecule has 0 radical (unpaired) electrons. The van der Waals surface area contributed by atoms with Gasteiger partial charge < -0.3 is 8.83 Å². The lowest BCUT2D eigenvalue weighted by molar-refractivity contribution is 0.619. The second kappa shape index (κ2) is 20.9. The van der Waals surface area contributed by atoms with Crippen molar-refractivity contribution in [3.05, 3.63) is 202 Å². The molecule has 8 aromatic carbocycles. The molecular formula is C78H74O2S2. The summed E-state index contributed by atoms with van der Waals surface area (Å²) in [5.74, 6) is 0. The van der Waals surface area contributed by atoms with Crippen molar-refractivity contribution < 1.29 is 8.83 Å². The van der Waals surface area contributed by atoms with Crippen LogP contribution in [0.1, 0.15) is 151 Å². The van der Waals surface area contributed by atoms with Crippen LogP contribution in [-0.2, 0) is 36.5 Å². The van der Waals surface area contributed by atoms with Gasteiger partial charge in [0.2, 0.25) is 0 Å². The van der Waals surface area contributed by atoms with E-state index in [0.717, 1.165) is 48.0 Å². The van der Waals surface area contributed by atoms with Crippen LogP contribution in [0.2, 0.25) is 0 Å². The molecule has 0 aliphatic heterocycles. The third-order valence-corrected chi connectivity index (χ3v) is 21.6. The molecular weight excluding hydrogens is 1030 g/mol. The number of rotatable bonds is 17. The highest BCUT2D eigenvalue weighted by Crippen LogP contribution is 2.57. The fraction of sp³-hybridized carbons (Fsp3) is 0.282. The van der Waals surface area contributed by atoms with Crippen LogP contribution in [0.15, 0.2) is 167 Å². The van der Waals surface area contributed by atoms with Crippen molar-refractivity contribution in [2.45, 2.75) is 143 Å². The minimum atomic E-state index is -0.206. The molecule has 410 valence electrons. The maximum absolute atomic E-state index is 7.06. The third-order valence-electron chi connectivity index (χ3n) is 18.8.